The van der Waals surface area contributed by atoms with Crippen molar-refractivity contribution in [2.75, 3.05) is 66.6 Å². The van der Waals surface area contributed by atoms with Gasteiger partial charge < -0.3 is 19.5 Å². The van der Waals surface area contributed by atoms with Crippen LogP contribution in [0, 0.1) is 0 Å². The van der Waals surface area contributed by atoms with E-state index in [0.717, 1.165) is 49.3 Å². The molecule has 7 nitrogen and oxygen atoms in total. The summed E-state index contributed by atoms with van der Waals surface area (Å²) >= 11 is 3.57. The number of halogens is 1. The molecule has 1 aromatic rings. The van der Waals surface area contributed by atoms with Crippen LogP contribution in [0.25, 0.3) is 0 Å². The zero-order valence-electron chi connectivity index (χ0n) is 16.4. The Hall–Kier alpha value is -1.35. The minimum atomic E-state index is -0.103. The lowest BCUT2D eigenvalue weighted by Crippen LogP contribution is -2.46. The minimum Gasteiger partial charge on any atom is -0.490 e. The normalized spacial score (nSPS) is 15.6. The molecule has 2 rings (SSSR count). The lowest BCUT2D eigenvalue weighted by molar-refractivity contribution is -0.130. The number of amides is 1. The third-order valence-corrected chi connectivity index (χ3v) is 5.08. The number of rotatable bonds is 9. The van der Waals surface area contributed by atoms with Crippen LogP contribution in [0.5, 0.6) is 11.5 Å². The molecule has 0 bridgehead atoms. The van der Waals surface area contributed by atoms with E-state index in [1.807, 2.05) is 19.1 Å². The van der Waals surface area contributed by atoms with Gasteiger partial charge >= 0.3 is 0 Å². The van der Waals surface area contributed by atoms with Crippen molar-refractivity contribution in [3.05, 3.63) is 22.2 Å². The quantitative estimate of drug-likeness (QED) is 0.622. The number of β-amino-alcohol motifs (C(OH)–C–C–N with tert-alkyl or cyclic N) is 1. The number of piperazine rings is 1. The van der Waals surface area contributed by atoms with Crippen molar-refractivity contribution in [1.82, 2.24) is 14.7 Å². The molecule has 1 amide bonds. The predicted octanol–water partition coefficient (Wildman–Crippen LogP) is 1.42. The summed E-state index contributed by atoms with van der Waals surface area (Å²) in [4.78, 5) is 18.0. The fourth-order valence-corrected chi connectivity index (χ4v) is 3.55. The van der Waals surface area contributed by atoms with Crippen LogP contribution >= 0.6 is 15.9 Å². The highest BCUT2D eigenvalue weighted by atomic mass is 79.9. The first-order valence-electron chi connectivity index (χ1n) is 9.28. The Kier molecular flexibility index (Phi) is 8.82. The number of nitrogens with zero attached hydrogens (tertiary/aromatic N) is 3. The van der Waals surface area contributed by atoms with E-state index in [1.54, 1.807) is 14.1 Å². The molecule has 0 unspecified atom stereocenters. The van der Waals surface area contributed by atoms with Crippen LogP contribution in [0.1, 0.15) is 12.5 Å². The molecule has 0 atom stereocenters. The predicted molar refractivity (Wildman–Crippen MR) is 108 cm³/mol. The van der Waals surface area contributed by atoms with Gasteiger partial charge in [0.25, 0.3) is 5.91 Å². The second kappa shape index (κ2) is 10.8. The number of benzene rings is 1. The number of hydrogen-bond acceptors (Lipinski definition) is 6. The summed E-state index contributed by atoms with van der Waals surface area (Å²) < 4.78 is 12.3. The lowest BCUT2D eigenvalue weighted by Gasteiger charge is -2.34. The third kappa shape index (κ3) is 6.64. The van der Waals surface area contributed by atoms with Crippen molar-refractivity contribution >= 4 is 21.8 Å². The van der Waals surface area contributed by atoms with Gasteiger partial charge in [0.1, 0.15) is 0 Å². The largest absolute Gasteiger partial charge is 0.490 e. The number of aliphatic hydroxyl groups excluding tert-OH is 1. The van der Waals surface area contributed by atoms with Crippen LogP contribution in [0.4, 0.5) is 0 Å². The van der Waals surface area contributed by atoms with E-state index in [1.165, 1.54) is 4.90 Å². The van der Waals surface area contributed by atoms with Gasteiger partial charge in [0.15, 0.2) is 18.1 Å². The van der Waals surface area contributed by atoms with E-state index in [-0.39, 0.29) is 19.1 Å². The van der Waals surface area contributed by atoms with E-state index in [0.29, 0.717) is 18.1 Å². The number of hydrogen-bond donors (Lipinski definition) is 1. The van der Waals surface area contributed by atoms with Crippen molar-refractivity contribution in [2.24, 2.45) is 0 Å². The van der Waals surface area contributed by atoms with Gasteiger partial charge in [-0.3, -0.25) is 14.6 Å². The molecular weight excluding hydrogens is 414 g/mol. The monoisotopic (exact) mass is 443 g/mol. The number of ether oxygens (including phenoxy) is 2. The highest BCUT2D eigenvalue weighted by molar-refractivity contribution is 9.10. The van der Waals surface area contributed by atoms with E-state index >= 15 is 0 Å². The molecule has 1 aliphatic rings. The molecule has 8 heteroatoms. The standard InChI is InChI=1S/C19H30BrN3O4/c1-4-26-17-12-15(13-23-7-5-22(6-8-23)9-10-24)11-16(20)19(17)27-14-18(25)21(2)3/h11-12,24H,4-10,13-14H2,1-3H3. The molecule has 1 saturated heterocycles. The molecule has 152 valence electrons. The fourth-order valence-electron chi connectivity index (χ4n) is 2.95. The van der Waals surface area contributed by atoms with Crippen LogP contribution < -0.4 is 9.47 Å². The molecule has 27 heavy (non-hydrogen) atoms. The Bertz CT molecular complexity index is 619. The van der Waals surface area contributed by atoms with Crippen LogP contribution in [0.3, 0.4) is 0 Å². The summed E-state index contributed by atoms with van der Waals surface area (Å²) in [6, 6.07) is 4.02. The summed E-state index contributed by atoms with van der Waals surface area (Å²) in [5, 5.41) is 9.06. The van der Waals surface area contributed by atoms with Crippen molar-refractivity contribution in [1.29, 1.82) is 0 Å². The molecule has 1 aliphatic heterocycles. The molecule has 1 heterocycles. The van der Waals surface area contributed by atoms with E-state index in [2.05, 4.69) is 25.7 Å². The second-order valence-corrected chi connectivity index (χ2v) is 7.61. The average molecular weight is 444 g/mol. The Labute approximate surface area is 169 Å². The number of aliphatic hydroxyl groups is 1. The summed E-state index contributed by atoms with van der Waals surface area (Å²) in [6.45, 7) is 8.06. The molecule has 0 saturated carbocycles. The molecule has 1 fully saturated rings. The van der Waals surface area contributed by atoms with Gasteiger partial charge in [-0.25, -0.2) is 0 Å². The maximum absolute atomic E-state index is 11.8. The first kappa shape index (κ1) is 21.9. The third-order valence-electron chi connectivity index (χ3n) is 4.50. The summed E-state index contributed by atoms with van der Waals surface area (Å²) in [7, 11) is 3.40. The van der Waals surface area contributed by atoms with Crippen LogP contribution in [0.15, 0.2) is 16.6 Å². The lowest BCUT2D eigenvalue weighted by atomic mass is 10.1. The molecule has 0 radical (unpaired) electrons. The molecule has 0 aliphatic carbocycles. The maximum Gasteiger partial charge on any atom is 0.259 e. The van der Waals surface area contributed by atoms with Gasteiger partial charge in [0, 0.05) is 53.4 Å². The minimum absolute atomic E-state index is 0.0299. The van der Waals surface area contributed by atoms with Crippen molar-refractivity contribution < 1.29 is 19.4 Å². The van der Waals surface area contributed by atoms with Gasteiger partial charge in [0.05, 0.1) is 17.7 Å². The maximum atomic E-state index is 11.8. The van der Waals surface area contributed by atoms with Crippen LogP contribution in [-0.2, 0) is 11.3 Å². The second-order valence-electron chi connectivity index (χ2n) is 6.76. The van der Waals surface area contributed by atoms with Crippen LogP contribution in [0.2, 0.25) is 0 Å². The van der Waals surface area contributed by atoms with Gasteiger partial charge in [-0.05, 0) is 40.5 Å². The molecule has 1 aromatic carbocycles. The zero-order chi connectivity index (χ0) is 19.8. The Balaban J connectivity index is 2.04. The number of carbonyl (C=O) groups excluding carboxylic acids is 1. The fraction of sp³-hybridized carbons (Fsp3) is 0.632. The van der Waals surface area contributed by atoms with Crippen molar-refractivity contribution in [2.45, 2.75) is 13.5 Å². The van der Waals surface area contributed by atoms with Crippen molar-refractivity contribution in [3.63, 3.8) is 0 Å². The van der Waals surface area contributed by atoms with E-state index in [4.69, 9.17) is 14.6 Å². The molecular formula is C19H30BrN3O4. The first-order valence-corrected chi connectivity index (χ1v) is 10.1. The zero-order valence-corrected chi connectivity index (χ0v) is 18.0. The summed E-state index contributed by atoms with van der Waals surface area (Å²) in [6.07, 6.45) is 0. The highest BCUT2D eigenvalue weighted by Gasteiger charge is 2.19. The van der Waals surface area contributed by atoms with E-state index < -0.39 is 0 Å². The highest BCUT2D eigenvalue weighted by Crippen LogP contribution is 2.37. The molecule has 1 N–H and O–H groups in total. The van der Waals surface area contributed by atoms with Crippen LogP contribution in [-0.4, -0.2) is 92.4 Å². The first-order chi connectivity index (χ1) is 12.9. The van der Waals surface area contributed by atoms with Gasteiger partial charge in [0.2, 0.25) is 0 Å². The Morgan fingerprint density at radius 1 is 1.19 bits per heavy atom. The van der Waals surface area contributed by atoms with Gasteiger partial charge in [-0.15, -0.1) is 0 Å². The SMILES string of the molecule is CCOc1cc(CN2CCN(CCO)CC2)cc(Br)c1OCC(=O)N(C)C. The summed E-state index contributed by atoms with van der Waals surface area (Å²) in [5.74, 6) is 1.10. The van der Waals surface area contributed by atoms with Gasteiger partial charge in [-0.2, -0.15) is 0 Å². The topological polar surface area (TPSA) is 65.5 Å². The summed E-state index contributed by atoms with van der Waals surface area (Å²) in [5.41, 5.74) is 1.13. The average Bonchev–Trinajstić information content (AvgIpc) is 2.63. The number of likely N-dealkylation sites (N-methyl/N-ethyl adjacent to an activating group) is 1. The number of carbonyl (C=O) groups is 1. The Morgan fingerprint density at radius 2 is 1.85 bits per heavy atom. The molecule has 0 spiro atoms. The Morgan fingerprint density at radius 3 is 2.44 bits per heavy atom. The smallest absolute Gasteiger partial charge is 0.259 e. The van der Waals surface area contributed by atoms with Gasteiger partial charge in [-0.1, -0.05) is 0 Å². The van der Waals surface area contributed by atoms with Crippen molar-refractivity contribution in [3.8, 4) is 11.5 Å². The molecule has 0 aromatic heterocycles. The van der Waals surface area contributed by atoms with E-state index in [9.17, 15) is 4.79 Å².